The molecule has 0 bridgehead atoms. The van der Waals surface area contributed by atoms with Gasteiger partial charge in [-0.1, -0.05) is 13.3 Å². The number of hydrogen-bond acceptors (Lipinski definition) is 3. The van der Waals surface area contributed by atoms with Gasteiger partial charge in [-0.15, -0.1) is 0 Å². The van der Waals surface area contributed by atoms with Gasteiger partial charge in [-0.05, 0) is 32.2 Å². The van der Waals surface area contributed by atoms with Crippen LogP contribution in [0.5, 0.6) is 0 Å². The topological polar surface area (TPSA) is 72.9 Å². The van der Waals surface area contributed by atoms with E-state index in [0.29, 0.717) is 18.9 Å². The number of nitrogens with one attached hydrogen (secondary N) is 1. The Labute approximate surface area is 109 Å². The van der Waals surface area contributed by atoms with Gasteiger partial charge in [0.15, 0.2) is 0 Å². The summed E-state index contributed by atoms with van der Waals surface area (Å²) in [6, 6.07) is 0. The van der Waals surface area contributed by atoms with Gasteiger partial charge >= 0.3 is 0 Å². The number of hydrogen-bond donors (Lipinski definition) is 2. The van der Waals surface area contributed by atoms with E-state index in [4.69, 9.17) is 5.73 Å². The van der Waals surface area contributed by atoms with Crippen molar-refractivity contribution in [1.29, 1.82) is 0 Å². The van der Waals surface area contributed by atoms with Gasteiger partial charge in [0.25, 0.3) is 0 Å². The van der Waals surface area contributed by atoms with Gasteiger partial charge in [0.2, 0.25) is 5.91 Å². The Hall–Kier alpha value is -1.36. The number of aryl methyl sites for hydroxylation is 2. The van der Waals surface area contributed by atoms with E-state index in [-0.39, 0.29) is 5.91 Å². The molecule has 1 amide bonds. The average Bonchev–Trinajstić information content (AvgIpc) is 2.63. The number of amides is 1. The van der Waals surface area contributed by atoms with E-state index in [9.17, 15) is 4.79 Å². The smallest absolute Gasteiger partial charge is 0.224 e. The highest BCUT2D eigenvalue weighted by molar-refractivity contribution is 5.91. The highest BCUT2D eigenvalue weighted by Gasteiger charge is 2.11. The summed E-state index contributed by atoms with van der Waals surface area (Å²) in [5, 5.41) is 7.09. The maximum atomic E-state index is 11.8. The van der Waals surface area contributed by atoms with Crippen LogP contribution in [0, 0.1) is 12.8 Å². The molecule has 0 aliphatic heterocycles. The molecule has 1 aromatic heterocycles. The molecule has 0 fully saturated rings. The molecule has 1 aromatic rings. The predicted molar refractivity (Wildman–Crippen MR) is 73.3 cm³/mol. The van der Waals surface area contributed by atoms with Crippen molar-refractivity contribution in [2.75, 3.05) is 11.9 Å². The van der Waals surface area contributed by atoms with Crippen LogP contribution < -0.4 is 11.1 Å². The normalized spacial score (nSPS) is 12.4. The average molecular weight is 252 g/mol. The number of carbonyl (C=O) groups excluding carboxylic acids is 1. The molecule has 0 saturated heterocycles. The molecular formula is C13H24N4O. The molecular weight excluding hydrogens is 228 g/mol. The molecule has 0 aliphatic rings. The zero-order valence-corrected chi connectivity index (χ0v) is 11.6. The highest BCUT2D eigenvalue weighted by Crippen LogP contribution is 2.16. The van der Waals surface area contributed by atoms with Gasteiger partial charge in [0, 0.05) is 19.7 Å². The monoisotopic (exact) mass is 252 g/mol. The van der Waals surface area contributed by atoms with E-state index in [2.05, 4.69) is 17.3 Å². The van der Waals surface area contributed by atoms with Gasteiger partial charge in [-0.2, -0.15) is 5.10 Å². The van der Waals surface area contributed by atoms with Crippen molar-refractivity contribution in [3.05, 3.63) is 11.9 Å². The number of rotatable bonds is 7. The lowest BCUT2D eigenvalue weighted by Gasteiger charge is -2.12. The van der Waals surface area contributed by atoms with Gasteiger partial charge in [0.1, 0.15) is 0 Å². The summed E-state index contributed by atoms with van der Waals surface area (Å²) in [4.78, 5) is 11.8. The molecule has 18 heavy (non-hydrogen) atoms. The predicted octanol–water partition coefficient (Wildman–Crippen LogP) is 1.82. The molecule has 0 aliphatic carbocycles. The number of aromatic nitrogens is 2. The molecule has 1 rings (SSSR count). The van der Waals surface area contributed by atoms with E-state index in [1.807, 2.05) is 20.2 Å². The Morgan fingerprint density at radius 1 is 1.56 bits per heavy atom. The van der Waals surface area contributed by atoms with Crippen molar-refractivity contribution in [3.8, 4) is 0 Å². The third-order valence-electron chi connectivity index (χ3n) is 3.22. The maximum absolute atomic E-state index is 11.8. The first-order valence-corrected chi connectivity index (χ1v) is 6.57. The second-order valence-corrected chi connectivity index (χ2v) is 4.74. The quantitative estimate of drug-likeness (QED) is 0.777. The lowest BCUT2D eigenvalue weighted by atomic mass is 9.96. The van der Waals surface area contributed by atoms with Crippen LogP contribution in [0.25, 0.3) is 0 Å². The van der Waals surface area contributed by atoms with Crippen molar-refractivity contribution in [1.82, 2.24) is 9.78 Å². The summed E-state index contributed by atoms with van der Waals surface area (Å²) in [6.45, 7) is 4.73. The fraction of sp³-hybridized carbons (Fsp3) is 0.692. The first-order chi connectivity index (χ1) is 8.56. The number of anilines is 1. The molecule has 0 radical (unpaired) electrons. The zero-order valence-electron chi connectivity index (χ0n) is 11.6. The van der Waals surface area contributed by atoms with Crippen molar-refractivity contribution in [2.45, 2.75) is 39.5 Å². The minimum atomic E-state index is 0.0570. The van der Waals surface area contributed by atoms with Crippen LogP contribution >= 0.6 is 0 Å². The Morgan fingerprint density at radius 2 is 2.28 bits per heavy atom. The number of carbonyl (C=O) groups is 1. The molecule has 0 aromatic carbocycles. The standard InChI is InChI=1S/C13H24N4O/c1-4-11(7-8-14)5-6-13(18)15-12-9-17(3)16-10(12)2/h9,11H,4-8,14H2,1-3H3,(H,15,18). The van der Waals surface area contributed by atoms with Gasteiger partial charge in [-0.25, -0.2) is 0 Å². The van der Waals surface area contributed by atoms with Crippen LogP contribution in [0.1, 0.15) is 38.3 Å². The summed E-state index contributed by atoms with van der Waals surface area (Å²) in [7, 11) is 1.84. The van der Waals surface area contributed by atoms with Crippen LogP contribution in [0.3, 0.4) is 0 Å². The van der Waals surface area contributed by atoms with E-state index < -0.39 is 0 Å². The van der Waals surface area contributed by atoms with E-state index in [0.717, 1.165) is 30.6 Å². The molecule has 3 N–H and O–H groups in total. The Morgan fingerprint density at radius 3 is 2.78 bits per heavy atom. The molecule has 102 valence electrons. The van der Waals surface area contributed by atoms with Crippen LogP contribution in [0.4, 0.5) is 5.69 Å². The Kier molecular flexibility index (Phi) is 5.85. The number of nitrogens with two attached hydrogens (primary N) is 1. The molecule has 0 spiro atoms. The Balaban J connectivity index is 2.40. The molecule has 5 heteroatoms. The van der Waals surface area contributed by atoms with E-state index in [1.54, 1.807) is 4.68 Å². The van der Waals surface area contributed by atoms with Crippen LogP contribution in [-0.4, -0.2) is 22.2 Å². The van der Waals surface area contributed by atoms with Crippen molar-refractivity contribution < 1.29 is 4.79 Å². The lowest BCUT2D eigenvalue weighted by molar-refractivity contribution is -0.116. The van der Waals surface area contributed by atoms with Gasteiger partial charge in [0.05, 0.1) is 11.4 Å². The molecule has 5 nitrogen and oxygen atoms in total. The van der Waals surface area contributed by atoms with Gasteiger partial charge in [-0.3, -0.25) is 9.48 Å². The first kappa shape index (κ1) is 14.7. The molecule has 0 saturated carbocycles. The first-order valence-electron chi connectivity index (χ1n) is 6.57. The highest BCUT2D eigenvalue weighted by atomic mass is 16.1. The molecule has 1 heterocycles. The SMILES string of the molecule is CCC(CCN)CCC(=O)Nc1cn(C)nc1C. The third kappa shape index (κ3) is 4.49. The largest absolute Gasteiger partial charge is 0.330 e. The van der Waals surface area contributed by atoms with Crippen molar-refractivity contribution in [2.24, 2.45) is 18.7 Å². The summed E-state index contributed by atoms with van der Waals surface area (Å²) in [5.41, 5.74) is 7.19. The Bertz CT molecular complexity index is 386. The van der Waals surface area contributed by atoms with E-state index >= 15 is 0 Å². The summed E-state index contributed by atoms with van der Waals surface area (Å²) in [5.74, 6) is 0.609. The van der Waals surface area contributed by atoms with Crippen molar-refractivity contribution in [3.63, 3.8) is 0 Å². The van der Waals surface area contributed by atoms with Crippen LogP contribution in [0.15, 0.2) is 6.20 Å². The van der Waals surface area contributed by atoms with E-state index in [1.165, 1.54) is 0 Å². The van der Waals surface area contributed by atoms with Crippen LogP contribution in [0.2, 0.25) is 0 Å². The summed E-state index contributed by atoms with van der Waals surface area (Å²) in [6.07, 6.45) is 5.35. The van der Waals surface area contributed by atoms with Crippen LogP contribution in [-0.2, 0) is 11.8 Å². The fourth-order valence-electron chi connectivity index (χ4n) is 2.06. The summed E-state index contributed by atoms with van der Waals surface area (Å²) >= 11 is 0. The third-order valence-corrected chi connectivity index (χ3v) is 3.22. The number of nitrogens with zero attached hydrogens (tertiary/aromatic N) is 2. The minimum absolute atomic E-state index is 0.0570. The fourth-order valence-corrected chi connectivity index (χ4v) is 2.06. The van der Waals surface area contributed by atoms with Crippen molar-refractivity contribution >= 4 is 11.6 Å². The molecule has 1 atom stereocenters. The second-order valence-electron chi connectivity index (χ2n) is 4.74. The summed E-state index contributed by atoms with van der Waals surface area (Å²) < 4.78 is 1.70. The maximum Gasteiger partial charge on any atom is 0.224 e. The molecule has 1 unspecified atom stereocenters. The lowest BCUT2D eigenvalue weighted by Crippen LogP contribution is -2.15. The second kappa shape index (κ2) is 7.16. The zero-order chi connectivity index (χ0) is 13.5. The van der Waals surface area contributed by atoms with Gasteiger partial charge < -0.3 is 11.1 Å². The minimum Gasteiger partial charge on any atom is -0.330 e.